The minimum atomic E-state index is -0.402. The van der Waals surface area contributed by atoms with Crippen molar-refractivity contribution in [3.63, 3.8) is 0 Å². The summed E-state index contributed by atoms with van der Waals surface area (Å²) in [6.07, 6.45) is 0. The van der Waals surface area contributed by atoms with E-state index in [2.05, 4.69) is 20.5 Å². The number of aromatic nitrogens is 4. The number of thiazole rings is 1. The molecule has 2 heterocycles. The molecular formula is C16H16FN5OS2. The van der Waals surface area contributed by atoms with Crippen molar-refractivity contribution in [1.82, 2.24) is 19.7 Å². The molecule has 1 N–H and O–H groups in total. The second-order valence-corrected chi connectivity index (χ2v) is 7.55. The third-order valence-electron chi connectivity index (χ3n) is 3.45. The Hall–Kier alpha value is -2.26. The first-order valence-corrected chi connectivity index (χ1v) is 9.25. The summed E-state index contributed by atoms with van der Waals surface area (Å²) in [6, 6.07) is 6.39. The second-order valence-electron chi connectivity index (χ2n) is 5.39. The van der Waals surface area contributed by atoms with Crippen molar-refractivity contribution >= 4 is 34.1 Å². The fourth-order valence-corrected chi connectivity index (χ4v) is 3.63. The van der Waals surface area contributed by atoms with Gasteiger partial charge in [-0.15, -0.1) is 21.5 Å². The van der Waals surface area contributed by atoms with Gasteiger partial charge in [0, 0.05) is 12.4 Å². The summed E-state index contributed by atoms with van der Waals surface area (Å²) in [4.78, 5) is 16.5. The van der Waals surface area contributed by atoms with E-state index in [0.717, 1.165) is 5.69 Å². The van der Waals surface area contributed by atoms with Crippen LogP contribution >= 0.6 is 23.1 Å². The fraction of sp³-hybridized carbons (Fsp3) is 0.250. The summed E-state index contributed by atoms with van der Waals surface area (Å²) in [5.41, 5.74) is 1.24. The first kappa shape index (κ1) is 17.6. The van der Waals surface area contributed by atoms with Gasteiger partial charge in [0.25, 0.3) is 0 Å². The Morgan fingerprint density at radius 2 is 2.12 bits per heavy atom. The van der Waals surface area contributed by atoms with Crippen molar-refractivity contribution in [2.24, 2.45) is 7.05 Å². The molecule has 0 spiro atoms. The molecule has 0 saturated carbocycles. The highest BCUT2D eigenvalue weighted by Gasteiger charge is 2.21. The minimum absolute atomic E-state index is 0.171. The van der Waals surface area contributed by atoms with Crippen LogP contribution in [-0.4, -0.2) is 30.9 Å². The number of nitrogens with zero attached hydrogens (tertiary/aromatic N) is 4. The topological polar surface area (TPSA) is 72.7 Å². The van der Waals surface area contributed by atoms with Crippen LogP contribution in [0.15, 0.2) is 34.8 Å². The van der Waals surface area contributed by atoms with E-state index in [9.17, 15) is 9.18 Å². The quantitative estimate of drug-likeness (QED) is 0.689. The number of carbonyl (C=O) groups is 1. The molecule has 9 heteroatoms. The lowest BCUT2D eigenvalue weighted by atomic mass is 10.2. The maximum atomic E-state index is 13.9. The van der Waals surface area contributed by atoms with Gasteiger partial charge in [-0.05, 0) is 26.0 Å². The first-order valence-electron chi connectivity index (χ1n) is 7.49. The van der Waals surface area contributed by atoms with E-state index in [1.54, 1.807) is 36.7 Å². The van der Waals surface area contributed by atoms with Crippen molar-refractivity contribution in [2.45, 2.75) is 24.3 Å². The highest BCUT2D eigenvalue weighted by molar-refractivity contribution is 8.00. The molecule has 0 saturated heterocycles. The summed E-state index contributed by atoms with van der Waals surface area (Å²) in [7, 11) is 1.75. The van der Waals surface area contributed by atoms with Gasteiger partial charge in [-0.2, -0.15) is 0 Å². The van der Waals surface area contributed by atoms with Gasteiger partial charge in [0.1, 0.15) is 5.82 Å². The summed E-state index contributed by atoms with van der Waals surface area (Å²) in [6.45, 7) is 3.64. The molecule has 0 aliphatic rings. The molecule has 130 valence electrons. The van der Waals surface area contributed by atoms with Gasteiger partial charge in [-0.1, -0.05) is 23.9 Å². The normalized spacial score (nSPS) is 12.2. The van der Waals surface area contributed by atoms with Crippen molar-refractivity contribution in [2.75, 3.05) is 5.32 Å². The van der Waals surface area contributed by atoms with Crippen LogP contribution in [0.25, 0.3) is 11.4 Å². The van der Waals surface area contributed by atoms with Gasteiger partial charge in [-0.3, -0.25) is 4.79 Å². The molecular weight excluding hydrogens is 361 g/mol. The lowest BCUT2D eigenvalue weighted by molar-refractivity contribution is -0.115. The van der Waals surface area contributed by atoms with E-state index in [1.165, 1.54) is 29.2 Å². The van der Waals surface area contributed by atoms with Crippen LogP contribution in [-0.2, 0) is 11.8 Å². The van der Waals surface area contributed by atoms with Gasteiger partial charge in [0.2, 0.25) is 5.91 Å². The molecule has 25 heavy (non-hydrogen) atoms. The number of amides is 1. The number of halogens is 1. The average molecular weight is 377 g/mol. The Kier molecular flexibility index (Phi) is 5.14. The number of nitrogens with one attached hydrogen (secondary N) is 1. The highest BCUT2D eigenvalue weighted by Crippen LogP contribution is 2.27. The molecule has 1 amide bonds. The molecule has 3 rings (SSSR count). The monoisotopic (exact) mass is 377 g/mol. The van der Waals surface area contributed by atoms with Crippen LogP contribution in [0.4, 0.5) is 9.52 Å². The molecule has 0 radical (unpaired) electrons. The SMILES string of the molecule is Cc1csc(NC(=O)[C@@H](C)Sc2nnc(-c3ccccc3F)n2C)n1. The zero-order valence-corrected chi connectivity index (χ0v) is 15.5. The molecule has 0 fully saturated rings. The third-order valence-corrected chi connectivity index (χ3v) is 5.46. The van der Waals surface area contributed by atoms with Crippen LogP contribution in [0, 0.1) is 12.7 Å². The Labute approximate surface area is 152 Å². The largest absolute Gasteiger partial charge is 0.305 e. The number of hydrogen-bond acceptors (Lipinski definition) is 6. The number of rotatable bonds is 5. The molecule has 3 aromatic rings. The van der Waals surface area contributed by atoms with E-state index in [4.69, 9.17) is 0 Å². The Morgan fingerprint density at radius 3 is 2.80 bits per heavy atom. The smallest absolute Gasteiger partial charge is 0.239 e. The third kappa shape index (κ3) is 3.88. The van der Waals surface area contributed by atoms with Crippen LogP contribution in [0.3, 0.4) is 0 Å². The minimum Gasteiger partial charge on any atom is -0.305 e. The molecule has 0 aliphatic heterocycles. The lowest BCUT2D eigenvalue weighted by Gasteiger charge is -2.10. The highest BCUT2D eigenvalue weighted by atomic mass is 32.2. The Bertz CT molecular complexity index is 908. The van der Waals surface area contributed by atoms with Crippen molar-refractivity contribution in [1.29, 1.82) is 0 Å². The number of thioether (sulfide) groups is 1. The summed E-state index contributed by atoms with van der Waals surface area (Å²) in [5, 5.41) is 13.5. The predicted octanol–water partition coefficient (Wildman–Crippen LogP) is 3.51. The van der Waals surface area contributed by atoms with Crippen LogP contribution in [0.2, 0.25) is 0 Å². The van der Waals surface area contributed by atoms with Crippen molar-refractivity contribution in [3.05, 3.63) is 41.2 Å². The maximum Gasteiger partial charge on any atom is 0.239 e. The summed E-state index contributed by atoms with van der Waals surface area (Å²) < 4.78 is 15.6. The molecule has 6 nitrogen and oxygen atoms in total. The number of carbonyl (C=O) groups excluding carboxylic acids is 1. The average Bonchev–Trinajstić information content (AvgIpc) is 3.14. The lowest BCUT2D eigenvalue weighted by Crippen LogP contribution is -2.22. The molecule has 1 aromatic carbocycles. The van der Waals surface area contributed by atoms with E-state index in [-0.39, 0.29) is 11.7 Å². The molecule has 2 aromatic heterocycles. The van der Waals surface area contributed by atoms with Gasteiger partial charge < -0.3 is 9.88 Å². The van der Waals surface area contributed by atoms with Crippen LogP contribution in [0.1, 0.15) is 12.6 Å². The summed E-state index contributed by atoms with van der Waals surface area (Å²) >= 11 is 2.64. The maximum absolute atomic E-state index is 13.9. The van der Waals surface area contributed by atoms with Crippen LogP contribution < -0.4 is 5.32 Å². The van der Waals surface area contributed by atoms with E-state index < -0.39 is 5.25 Å². The number of benzene rings is 1. The molecule has 1 atom stereocenters. The number of anilines is 1. The van der Waals surface area contributed by atoms with Crippen molar-refractivity contribution in [3.8, 4) is 11.4 Å². The van der Waals surface area contributed by atoms with Gasteiger partial charge in [0.15, 0.2) is 16.1 Å². The number of hydrogen-bond donors (Lipinski definition) is 1. The predicted molar refractivity (Wildman–Crippen MR) is 97.2 cm³/mol. The van der Waals surface area contributed by atoms with E-state index >= 15 is 0 Å². The van der Waals surface area contributed by atoms with Gasteiger partial charge in [-0.25, -0.2) is 9.37 Å². The number of aryl methyl sites for hydroxylation is 1. The van der Waals surface area contributed by atoms with Crippen LogP contribution in [0.5, 0.6) is 0 Å². The van der Waals surface area contributed by atoms with Gasteiger partial charge >= 0.3 is 0 Å². The second kappa shape index (κ2) is 7.32. The van der Waals surface area contributed by atoms with E-state index in [1.807, 2.05) is 12.3 Å². The van der Waals surface area contributed by atoms with Crippen molar-refractivity contribution < 1.29 is 9.18 Å². The summed E-state index contributed by atoms with van der Waals surface area (Å²) in [5.74, 6) is -0.113. The molecule has 0 unspecified atom stereocenters. The Balaban J connectivity index is 1.73. The zero-order chi connectivity index (χ0) is 18.0. The van der Waals surface area contributed by atoms with Gasteiger partial charge in [0.05, 0.1) is 16.5 Å². The van der Waals surface area contributed by atoms with E-state index in [0.29, 0.717) is 21.7 Å². The molecule has 0 bridgehead atoms. The Morgan fingerprint density at radius 1 is 1.36 bits per heavy atom. The molecule has 0 aliphatic carbocycles. The standard InChI is InChI=1S/C16H16FN5OS2/c1-9-8-24-15(18-9)19-14(23)10(2)25-16-21-20-13(22(16)3)11-6-4-5-7-12(11)17/h4-8,10H,1-3H3,(H,18,19,23)/t10-/m1/s1. The zero-order valence-electron chi connectivity index (χ0n) is 13.9. The fourth-order valence-electron chi connectivity index (χ4n) is 2.12. The first-order chi connectivity index (χ1) is 12.0.